The minimum Gasteiger partial charge on any atom is -0.309 e. The second kappa shape index (κ2) is 3.92. The van der Waals surface area contributed by atoms with Crippen LogP contribution in [0, 0.1) is 5.92 Å². The van der Waals surface area contributed by atoms with Crippen LogP contribution in [0.2, 0.25) is 5.15 Å². The van der Waals surface area contributed by atoms with Crippen molar-refractivity contribution in [3.05, 3.63) is 17.3 Å². The summed E-state index contributed by atoms with van der Waals surface area (Å²) in [5.41, 5.74) is 0. The smallest absolute Gasteiger partial charge is 0.225 e. The normalized spacial score (nSPS) is 15.2. The Morgan fingerprint density at radius 1 is 1.50 bits per heavy atom. The molecule has 5 heteroatoms. The molecule has 1 aliphatic rings. The molecule has 1 N–H and O–H groups in total. The summed E-state index contributed by atoms with van der Waals surface area (Å²) in [6, 6.07) is 3.24. The maximum Gasteiger partial charge on any atom is 0.225 e. The summed E-state index contributed by atoms with van der Waals surface area (Å²) in [7, 11) is 0. The molecule has 1 heterocycles. The molecule has 0 saturated heterocycles. The number of carbonyl (C=O) groups excluding carboxylic acids is 1. The third kappa shape index (κ3) is 2.67. The van der Waals surface area contributed by atoms with Gasteiger partial charge in [0.15, 0.2) is 11.0 Å². The summed E-state index contributed by atoms with van der Waals surface area (Å²) in [4.78, 5) is 11.3. The highest BCUT2D eigenvalue weighted by Gasteiger charge is 2.24. The predicted octanol–water partition coefficient (Wildman–Crippen LogP) is 1.87. The van der Waals surface area contributed by atoms with E-state index < -0.39 is 0 Å². The highest BCUT2D eigenvalue weighted by atomic mass is 35.5. The Kier molecular flexibility index (Phi) is 2.63. The first-order valence-electron chi connectivity index (χ1n) is 4.53. The summed E-state index contributed by atoms with van der Waals surface area (Å²) >= 11 is 5.56. The van der Waals surface area contributed by atoms with Crippen LogP contribution in [0.1, 0.15) is 19.3 Å². The van der Waals surface area contributed by atoms with Gasteiger partial charge in [-0.25, -0.2) is 0 Å². The first kappa shape index (κ1) is 9.40. The number of rotatable bonds is 3. The van der Waals surface area contributed by atoms with E-state index in [0.29, 0.717) is 23.3 Å². The number of nitrogens with one attached hydrogen (secondary N) is 1. The molecular formula is C9H10ClN3O. The van der Waals surface area contributed by atoms with Crippen LogP contribution in [0.5, 0.6) is 0 Å². The first-order valence-corrected chi connectivity index (χ1v) is 4.91. The van der Waals surface area contributed by atoms with Crippen molar-refractivity contribution < 1.29 is 4.79 Å². The first-order chi connectivity index (χ1) is 6.74. The third-order valence-electron chi connectivity index (χ3n) is 2.07. The molecule has 0 bridgehead atoms. The van der Waals surface area contributed by atoms with Crippen molar-refractivity contribution >= 4 is 23.3 Å². The van der Waals surface area contributed by atoms with Crippen molar-refractivity contribution in [2.24, 2.45) is 5.92 Å². The quantitative estimate of drug-likeness (QED) is 0.831. The Bertz CT molecular complexity index is 334. The average molecular weight is 212 g/mol. The Balaban J connectivity index is 1.89. The Labute approximate surface area is 86.7 Å². The van der Waals surface area contributed by atoms with Gasteiger partial charge in [-0.3, -0.25) is 4.79 Å². The van der Waals surface area contributed by atoms with Gasteiger partial charge in [0.1, 0.15) is 0 Å². The van der Waals surface area contributed by atoms with E-state index in [-0.39, 0.29) is 5.91 Å². The number of hydrogen-bond acceptors (Lipinski definition) is 3. The van der Waals surface area contributed by atoms with Crippen molar-refractivity contribution in [2.45, 2.75) is 19.3 Å². The SMILES string of the molecule is O=C(CC1CC1)Nc1ccc(Cl)nn1. The maximum atomic E-state index is 11.3. The summed E-state index contributed by atoms with van der Waals surface area (Å²) in [5.74, 6) is 1.04. The summed E-state index contributed by atoms with van der Waals surface area (Å²) in [6.45, 7) is 0. The van der Waals surface area contributed by atoms with E-state index >= 15 is 0 Å². The molecule has 14 heavy (non-hydrogen) atoms. The van der Waals surface area contributed by atoms with E-state index in [1.54, 1.807) is 12.1 Å². The number of anilines is 1. The zero-order valence-corrected chi connectivity index (χ0v) is 8.29. The van der Waals surface area contributed by atoms with E-state index in [1.807, 2.05) is 0 Å². The molecule has 1 fully saturated rings. The molecule has 1 aromatic rings. The minimum absolute atomic E-state index is 0.00382. The molecule has 1 saturated carbocycles. The number of amides is 1. The average Bonchev–Trinajstić information content (AvgIpc) is 2.93. The molecular weight excluding hydrogens is 202 g/mol. The van der Waals surface area contributed by atoms with Crippen LogP contribution in [-0.4, -0.2) is 16.1 Å². The lowest BCUT2D eigenvalue weighted by Crippen LogP contribution is -2.13. The molecule has 0 aliphatic heterocycles. The van der Waals surface area contributed by atoms with Crippen LogP contribution >= 0.6 is 11.6 Å². The minimum atomic E-state index is 0.00382. The van der Waals surface area contributed by atoms with Crippen LogP contribution in [0.4, 0.5) is 5.82 Å². The van der Waals surface area contributed by atoms with E-state index in [2.05, 4.69) is 15.5 Å². The molecule has 1 aromatic heterocycles. The summed E-state index contributed by atoms with van der Waals surface area (Å²) in [5, 5.41) is 10.4. The molecule has 0 spiro atoms. The highest BCUT2D eigenvalue weighted by Crippen LogP contribution is 2.32. The van der Waals surface area contributed by atoms with Crippen molar-refractivity contribution in [3.63, 3.8) is 0 Å². The van der Waals surface area contributed by atoms with Crippen LogP contribution in [0.25, 0.3) is 0 Å². The molecule has 0 unspecified atom stereocenters. The van der Waals surface area contributed by atoms with Gasteiger partial charge in [-0.15, -0.1) is 10.2 Å². The van der Waals surface area contributed by atoms with Crippen molar-refractivity contribution in [1.82, 2.24) is 10.2 Å². The summed E-state index contributed by atoms with van der Waals surface area (Å²) < 4.78 is 0. The topological polar surface area (TPSA) is 54.9 Å². The zero-order chi connectivity index (χ0) is 9.97. The molecule has 74 valence electrons. The lowest BCUT2D eigenvalue weighted by Gasteiger charge is -2.01. The lowest BCUT2D eigenvalue weighted by atomic mass is 10.3. The van der Waals surface area contributed by atoms with Crippen molar-refractivity contribution in [2.75, 3.05) is 5.32 Å². The summed E-state index contributed by atoms with van der Waals surface area (Å²) in [6.07, 6.45) is 2.92. The Hall–Kier alpha value is -1.16. The fourth-order valence-electron chi connectivity index (χ4n) is 1.16. The van der Waals surface area contributed by atoms with E-state index in [1.165, 1.54) is 12.8 Å². The number of aromatic nitrogens is 2. The van der Waals surface area contributed by atoms with E-state index in [4.69, 9.17) is 11.6 Å². The lowest BCUT2D eigenvalue weighted by molar-refractivity contribution is -0.116. The van der Waals surface area contributed by atoms with Gasteiger partial charge in [0.2, 0.25) is 5.91 Å². The molecule has 0 radical (unpaired) electrons. The predicted molar refractivity (Wildman–Crippen MR) is 53.0 cm³/mol. The largest absolute Gasteiger partial charge is 0.309 e. The number of halogens is 1. The van der Waals surface area contributed by atoms with Gasteiger partial charge in [0.25, 0.3) is 0 Å². The van der Waals surface area contributed by atoms with E-state index in [9.17, 15) is 4.79 Å². The van der Waals surface area contributed by atoms with Crippen LogP contribution in [-0.2, 0) is 4.79 Å². The van der Waals surface area contributed by atoms with Crippen molar-refractivity contribution in [3.8, 4) is 0 Å². The van der Waals surface area contributed by atoms with Gasteiger partial charge in [-0.1, -0.05) is 11.6 Å². The van der Waals surface area contributed by atoms with Gasteiger partial charge in [0, 0.05) is 6.42 Å². The molecule has 1 aliphatic carbocycles. The van der Waals surface area contributed by atoms with Gasteiger partial charge < -0.3 is 5.32 Å². The molecule has 1 amide bonds. The maximum absolute atomic E-state index is 11.3. The molecule has 2 rings (SSSR count). The monoisotopic (exact) mass is 211 g/mol. The Morgan fingerprint density at radius 2 is 2.29 bits per heavy atom. The number of carbonyl (C=O) groups is 1. The second-order valence-electron chi connectivity index (χ2n) is 3.44. The van der Waals surface area contributed by atoms with Crippen LogP contribution < -0.4 is 5.32 Å². The highest BCUT2D eigenvalue weighted by molar-refractivity contribution is 6.29. The molecule has 4 nitrogen and oxygen atoms in total. The van der Waals surface area contributed by atoms with Gasteiger partial charge >= 0.3 is 0 Å². The fraction of sp³-hybridized carbons (Fsp3) is 0.444. The van der Waals surface area contributed by atoms with Gasteiger partial charge in [-0.2, -0.15) is 0 Å². The van der Waals surface area contributed by atoms with Gasteiger partial charge in [-0.05, 0) is 30.9 Å². The fourth-order valence-corrected chi connectivity index (χ4v) is 1.26. The standard InChI is InChI=1S/C9H10ClN3O/c10-7-3-4-8(13-12-7)11-9(14)5-6-1-2-6/h3-4,6H,1-2,5H2,(H,11,13,14). The number of nitrogens with zero attached hydrogens (tertiary/aromatic N) is 2. The van der Waals surface area contributed by atoms with Crippen LogP contribution in [0.3, 0.4) is 0 Å². The zero-order valence-electron chi connectivity index (χ0n) is 7.53. The van der Waals surface area contributed by atoms with Gasteiger partial charge in [0.05, 0.1) is 0 Å². The molecule has 0 atom stereocenters. The van der Waals surface area contributed by atoms with Crippen molar-refractivity contribution in [1.29, 1.82) is 0 Å². The number of hydrogen-bond donors (Lipinski definition) is 1. The third-order valence-corrected chi connectivity index (χ3v) is 2.27. The van der Waals surface area contributed by atoms with Crippen LogP contribution in [0.15, 0.2) is 12.1 Å². The molecule has 0 aromatic carbocycles. The second-order valence-corrected chi connectivity index (χ2v) is 3.82. The van der Waals surface area contributed by atoms with E-state index in [0.717, 1.165) is 0 Å². The Morgan fingerprint density at radius 3 is 2.86 bits per heavy atom.